The van der Waals surface area contributed by atoms with Crippen LogP contribution in [0.3, 0.4) is 0 Å². The Balaban J connectivity index is 2.28. The Kier molecular flexibility index (Phi) is 5.11. The molecule has 0 radical (unpaired) electrons. The third-order valence-corrected chi connectivity index (χ3v) is 6.21. The fraction of sp³-hybridized carbons (Fsp3) is 0.385. The van der Waals surface area contributed by atoms with E-state index in [1.54, 1.807) is 0 Å². The molecule has 0 atom stereocenters. The van der Waals surface area contributed by atoms with Crippen LogP contribution in [0.5, 0.6) is 0 Å². The Hall–Kier alpha value is -1.27. The lowest BCUT2D eigenvalue weighted by atomic mass is 10.2. The minimum atomic E-state index is -3.76. The number of rotatable bonds is 2. The largest absolute Gasteiger partial charge is 0.320 e. The van der Waals surface area contributed by atoms with E-state index in [1.165, 1.54) is 16.4 Å². The summed E-state index contributed by atoms with van der Waals surface area (Å²) >= 11 is 0. The summed E-state index contributed by atoms with van der Waals surface area (Å²) in [5.74, 6) is 4.97. The van der Waals surface area contributed by atoms with Crippen LogP contribution in [0.1, 0.15) is 5.56 Å². The molecule has 2 N–H and O–H groups in total. The predicted molar refractivity (Wildman–Crippen MR) is 79.0 cm³/mol. The van der Waals surface area contributed by atoms with E-state index in [9.17, 15) is 17.0 Å². The topological polar surface area (TPSA) is 80.5 Å². The van der Waals surface area contributed by atoms with Crippen LogP contribution in [0.15, 0.2) is 23.1 Å². The molecule has 8 heteroatoms. The number of nitrogens with two attached hydrogens (primary N) is 1. The van der Waals surface area contributed by atoms with Gasteiger partial charge in [-0.1, -0.05) is 11.8 Å². The Morgan fingerprint density at radius 1 is 1.33 bits per heavy atom. The lowest BCUT2D eigenvalue weighted by Gasteiger charge is -2.25. The van der Waals surface area contributed by atoms with Gasteiger partial charge in [0.2, 0.25) is 10.0 Å². The van der Waals surface area contributed by atoms with Crippen molar-refractivity contribution in [3.8, 4) is 11.8 Å². The lowest BCUT2D eigenvalue weighted by Crippen LogP contribution is -2.41. The molecule has 0 aliphatic carbocycles. The quantitative estimate of drug-likeness (QED) is 0.767. The predicted octanol–water partition coefficient (Wildman–Crippen LogP) is -0.111. The van der Waals surface area contributed by atoms with Crippen molar-refractivity contribution >= 4 is 20.8 Å². The van der Waals surface area contributed by atoms with Crippen molar-refractivity contribution < 1.29 is 17.0 Å². The monoisotopic (exact) mass is 330 g/mol. The van der Waals surface area contributed by atoms with E-state index in [0.29, 0.717) is 11.5 Å². The average Bonchev–Trinajstić information content (AvgIpc) is 2.46. The summed E-state index contributed by atoms with van der Waals surface area (Å²) in [4.78, 5) is -0.119. The smallest absolute Gasteiger partial charge is 0.243 e. The van der Waals surface area contributed by atoms with Crippen molar-refractivity contribution in [3.05, 3.63) is 29.6 Å². The Labute approximate surface area is 125 Å². The molecule has 1 aliphatic heterocycles. The summed E-state index contributed by atoms with van der Waals surface area (Å²) in [7, 11) is -4.73. The summed E-state index contributed by atoms with van der Waals surface area (Å²) in [5, 5.41) is 0. The third-order valence-electron chi connectivity index (χ3n) is 3.04. The number of nitrogens with zero attached hydrogens (tertiary/aromatic N) is 1. The van der Waals surface area contributed by atoms with Crippen molar-refractivity contribution in [1.29, 1.82) is 0 Å². The van der Waals surface area contributed by atoms with E-state index in [-0.39, 0.29) is 30.1 Å². The molecule has 1 heterocycles. The molecular weight excluding hydrogens is 315 g/mol. The van der Waals surface area contributed by atoms with Crippen LogP contribution in [0.4, 0.5) is 4.39 Å². The minimum Gasteiger partial charge on any atom is -0.320 e. The SMILES string of the molecule is NCC#Cc1ccc(S(=O)(=O)N2CCS(=O)CC2)cc1F. The van der Waals surface area contributed by atoms with Crippen molar-refractivity contribution in [2.45, 2.75) is 4.90 Å². The lowest BCUT2D eigenvalue weighted by molar-refractivity contribution is 0.438. The summed E-state index contributed by atoms with van der Waals surface area (Å²) in [6, 6.07) is 3.61. The fourth-order valence-electron chi connectivity index (χ4n) is 1.91. The van der Waals surface area contributed by atoms with Gasteiger partial charge in [0.05, 0.1) is 17.0 Å². The van der Waals surface area contributed by atoms with Crippen LogP contribution in [0, 0.1) is 17.7 Å². The number of hydrogen-bond donors (Lipinski definition) is 1. The van der Waals surface area contributed by atoms with E-state index in [2.05, 4.69) is 11.8 Å². The summed E-state index contributed by atoms with van der Waals surface area (Å²) in [6.07, 6.45) is 0. The van der Waals surface area contributed by atoms with Crippen LogP contribution in [0.2, 0.25) is 0 Å². The second kappa shape index (κ2) is 6.66. The molecular formula is C13H15FN2O3S2. The van der Waals surface area contributed by atoms with Crippen LogP contribution in [0.25, 0.3) is 0 Å². The molecule has 5 nitrogen and oxygen atoms in total. The summed E-state index contributed by atoms with van der Waals surface area (Å²) < 4.78 is 51.1. The molecule has 1 saturated heterocycles. The van der Waals surface area contributed by atoms with Crippen molar-refractivity contribution in [2.24, 2.45) is 5.73 Å². The molecule has 1 aromatic carbocycles. The molecule has 0 aromatic heterocycles. The second-order valence-electron chi connectivity index (χ2n) is 4.40. The molecule has 1 aromatic rings. The van der Waals surface area contributed by atoms with Gasteiger partial charge >= 0.3 is 0 Å². The van der Waals surface area contributed by atoms with Gasteiger partial charge in [-0.05, 0) is 18.2 Å². The fourth-order valence-corrected chi connectivity index (χ4v) is 4.65. The molecule has 1 aliphatic rings. The first-order valence-corrected chi connectivity index (χ1v) is 9.21. The Morgan fingerprint density at radius 3 is 2.57 bits per heavy atom. The zero-order valence-corrected chi connectivity index (χ0v) is 12.8. The maximum absolute atomic E-state index is 13.9. The Morgan fingerprint density at radius 2 is 2.00 bits per heavy atom. The molecule has 0 bridgehead atoms. The first kappa shape index (κ1) is 16.1. The van der Waals surface area contributed by atoms with Gasteiger partial charge in [0, 0.05) is 35.4 Å². The highest BCUT2D eigenvalue weighted by Crippen LogP contribution is 2.20. The van der Waals surface area contributed by atoms with Crippen molar-refractivity contribution in [3.63, 3.8) is 0 Å². The maximum Gasteiger partial charge on any atom is 0.243 e. The molecule has 0 amide bonds. The number of halogens is 1. The van der Waals surface area contributed by atoms with Gasteiger partial charge in [-0.2, -0.15) is 4.31 Å². The zero-order valence-electron chi connectivity index (χ0n) is 11.2. The number of sulfonamides is 1. The van der Waals surface area contributed by atoms with E-state index in [1.807, 2.05) is 0 Å². The normalized spacial score (nSPS) is 17.2. The van der Waals surface area contributed by atoms with Gasteiger partial charge in [0.15, 0.2) is 0 Å². The average molecular weight is 330 g/mol. The van der Waals surface area contributed by atoms with E-state index >= 15 is 0 Å². The zero-order chi connectivity index (χ0) is 15.5. The molecule has 0 saturated carbocycles. The van der Waals surface area contributed by atoms with Gasteiger partial charge in [0.1, 0.15) is 5.82 Å². The highest BCUT2D eigenvalue weighted by atomic mass is 32.2. The number of hydrogen-bond acceptors (Lipinski definition) is 4. The minimum absolute atomic E-state index is 0.102. The molecule has 114 valence electrons. The van der Waals surface area contributed by atoms with Gasteiger partial charge in [0.25, 0.3) is 0 Å². The number of benzene rings is 1. The highest BCUT2D eigenvalue weighted by molar-refractivity contribution is 7.89. The molecule has 1 fully saturated rings. The van der Waals surface area contributed by atoms with Crippen molar-refractivity contribution in [1.82, 2.24) is 4.31 Å². The van der Waals surface area contributed by atoms with Gasteiger partial charge in [-0.25, -0.2) is 12.8 Å². The van der Waals surface area contributed by atoms with E-state index in [0.717, 1.165) is 6.07 Å². The summed E-state index contributed by atoms with van der Waals surface area (Å²) in [6.45, 7) is 0.473. The van der Waals surface area contributed by atoms with Gasteiger partial charge in [-0.3, -0.25) is 4.21 Å². The van der Waals surface area contributed by atoms with Crippen LogP contribution in [-0.4, -0.2) is 48.1 Å². The second-order valence-corrected chi connectivity index (χ2v) is 8.03. The van der Waals surface area contributed by atoms with Gasteiger partial charge < -0.3 is 5.73 Å². The summed E-state index contributed by atoms with van der Waals surface area (Å²) in [5.41, 5.74) is 5.32. The third kappa shape index (κ3) is 3.68. The molecule has 0 unspecified atom stereocenters. The molecule has 21 heavy (non-hydrogen) atoms. The maximum atomic E-state index is 13.9. The molecule has 0 spiro atoms. The highest BCUT2D eigenvalue weighted by Gasteiger charge is 2.28. The first-order valence-electron chi connectivity index (χ1n) is 6.29. The van der Waals surface area contributed by atoms with Crippen LogP contribution < -0.4 is 5.73 Å². The van der Waals surface area contributed by atoms with Gasteiger partial charge in [-0.15, -0.1) is 0 Å². The van der Waals surface area contributed by atoms with Crippen LogP contribution >= 0.6 is 0 Å². The standard InChI is InChI=1S/C13H15FN2O3S2/c14-13-10-12(4-3-11(13)2-1-5-15)21(18,19)16-6-8-20(17)9-7-16/h3-4,10H,5-9,15H2. The van der Waals surface area contributed by atoms with E-state index in [4.69, 9.17) is 5.73 Å². The Bertz CT molecular complexity index is 713. The molecule has 2 rings (SSSR count). The van der Waals surface area contributed by atoms with Crippen molar-refractivity contribution in [2.75, 3.05) is 31.1 Å². The van der Waals surface area contributed by atoms with Crippen LogP contribution in [-0.2, 0) is 20.8 Å². The van der Waals surface area contributed by atoms with E-state index < -0.39 is 26.6 Å². The first-order chi connectivity index (χ1) is 9.95.